The number of aliphatic hydroxyl groups is 1. The lowest BCUT2D eigenvalue weighted by atomic mass is 9.69. The molecule has 1 fully saturated rings. The molecule has 1 aliphatic heterocycles. The van der Waals surface area contributed by atoms with Crippen molar-refractivity contribution in [2.24, 2.45) is 11.3 Å². The van der Waals surface area contributed by atoms with Gasteiger partial charge in [-0.05, 0) is 38.2 Å². The van der Waals surface area contributed by atoms with Crippen LogP contribution in [0.2, 0.25) is 0 Å². The van der Waals surface area contributed by atoms with Gasteiger partial charge in [-0.15, -0.1) is 0 Å². The Balaban J connectivity index is 1.87. The number of carbonyl (C=O) groups excluding carboxylic acids is 2. The Morgan fingerprint density at radius 3 is 2.35 bits per heavy atom. The van der Waals surface area contributed by atoms with Gasteiger partial charge >= 0.3 is 0 Å². The van der Waals surface area contributed by atoms with E-state index in [0.717, 1.165) is 31.2 Å². The molecule has 1 N–H and O–H groups in total. The van der Waals surface area contributed by atoms with E-state index < -0.39 is 11.0 Å². The minimum atomic E-state index is -1.22. The zero-order valence-electron chi connectivity index (χ0n) is 25.6. The quantitative estimate of drug-likeness (QED) is 0.395. The molecule has 40 heavy (non-hydrogen) atoms. The third kappa shape index (κ3) is 7.03. The second-order valence-corrected chi connectivity index (χ2v) is 12.5. The summed E-state index contributed by atoms with van der Waals surface area (Å²) in [7, 11) is 1.76. The number of hydrogen-bond acceptors (Lipinski definition) is 4. The Kier molecular flexibility index (Phi) is 10.4. The van der Waals surface area contributed by atoms with Gasteiger partial charge in [0, 0.05) is 55.8 Å². The van der Waals surface area contributed by atoms with Gasteiger partial charge in [-0.3, -0.25) is 14.4 Å². The summed E-state index contributed by atoms with van der Waals surface area (Å²) < 4.78 is 1.48. The van der Waals surface area contributed by atoms with Crippen LogP contribution in [0.5, 0.6) is 0 Å². The molecular weight excluding hydrogens is 502 g/mol. The Labute approximate surface area is 240 Å². The molecule has 7 heteroatoms. The Morgan fingerprint density at radius 2 is 1.77 bits per heavy atom. The van der Waals surface area contributed by atoms with Gasteiger partial charge in [0.2, 0.25) is 5.91 Å². The molecule has 0 radical (unpaired) electrons. The van der Waals surface area contributed by atoms with Crippen LogP contribution in [-0.4, -0.2) is 63.1 Å². The number of carbonyl (C=O) groups is 2. The first-order valence-electron chi connectivity index (χ1n) is 14.9. The molecule has 1 aromatic heterocycles. The highest BCUT2D eigenvalue weighted by molar-refractivity contribution is 6.00. The zero-order valence-corrected chi connectivity index (χ0v) is 25.6. The van der Waals surface area contributed by atoms with E-state index in [-0.39, 0.29) is 30.0 Å². The molecule has 3 rings (SSSR count). The molecule has 0 bridgehead atoms. The van der Waals surface area contributed by atoms with Crippen molar-refractivity contribution in [1.82, 2.24) is 14.4 Å². The molecule has 0 spiro atoms. The third-order valence-electron chi connectivity index (χ3n) is 9.00. The summed E-state index contributed by atoms with van der Waals surface area (Å²) in [5.41, 5.74) is -0.340. The normalized spacial score (nSPS) is 19.5. The van der Waals surface area contributed by atoms with Crippen LogP contribution in [0.25, 0.3) is 11.1 Å². The van der Waals surface area contributed by atoms with Crippen LogP contribution < -0.4 is 5.56 Å². The molecule has 0 aliphatic carbocycles. The molecule has 2 aromatic rings. The zero-order chi connectivity index (χ0) is 29.7. The topological polar surface area (TPSA) is 82.8 Å². The maximum Gasteiger partial charge on any atom is 0.255 e. The van der Waals surface area contributed by atoms with Gasteiger partial charge in [0.15, 0.2) is 0 Å². The molecule has 2 unspecified atom stereocenters. The fraction of sp³-hybridized carbons (Fsp3) is 0.606. The van der Waals surface area contributed by atoms with Gasteiger partial charge in [-0.1, -0.05) is 77.3 Å². The van der Waals surface area contributed by atoms with Gasteiger partial charge in [0.25, 0.3) is 11.5 Å². The Hall–Kier alpha value is -2.93. The number of nitrogens with zero attached hydrogens (tertiary/aromatic N) is 3. The molecule has 1 aromatic carbocycles. The minimum absolute atomic E-state index is 0.0175. The second kappa shape index (κ2) is 13.2. The highest BCUT2D eigenvalue weighted by Gasteiger charge is 2.49. The van der Waals surface area contributed by atoms with Crippen molar-refractivity contribution in [3.05, 3.63) is 58.5 Å². The number of hydrogen-bond donors (Lipinski definition) is 1. The first-order valence-corrected chi connectivity index (χ1v) is 14.9. The van der Waals surface area contributed by atoms with Crippen LogP contribution in [0, 0.1) is 11.3 Å². The number of piperidine rings is 1. The Morgan fingerprint density at radius 1 is 1.10 bits per heavy atom. The molecule has 0 saturated carbocycles. The molecule has 2 amide bonds. The van der Waals surface area contributed by atoms with E-state index in [1.165, 1.54) is 10.6 Å². The third-order valence-corrected chi connectivity index (χ3v) is 9.00. The van der Waals surface area contributed by atoms with Crippen molar-refractivity contribution in [2.45, 2.75) is 98.3 Å². The molecule has 7 nitrogen and oxygen atoms in total. The number of likely N-dealkylation sites (tertiary alicyclic amines) is 1. The van der Waals surface area contributed by atoms with Crippen molar-refractivity contribution in [2.75, 3.05) is 20.1 Å². The van der Waals surface area contributed by atoms with Crippen LogP contribution in [0.15, 0.2) is 47.4 Å². The van der Waals surface area contributed by atoms with E-state index in [4.69, 9.17) is 0 Å². The van der Waals surface area contributed by atoms with E-state index in [1.54, 1.807) is 18.1 Å². The van der Waals surface area contributed by atoms with E-state index in [0.29, 0.717) is 43.0 Å². The summed E-state index contributed by atoms with van der Waals surface area (Å²) in [5.74, 6) is 0.530. The highest BCUT2D eigenvalue weighted by atomic mass is 16.3. The van der Waals surface area contributed by atoms with E-state index in [1.807, 2.05) is 62.9 Å². The van der Waals surface area contributed by atoms with Crippen LogP contribution in [0.3, 0.4) is 0 Å². The lowest BCUT2D eigenvalue weighted by Crippen LogP contribution is -2.60. The second-order valence-electron chi connectivity index (χ2n) is 12.5. The van der Waals surface area contributed by atoms with Gasteiger partial charge in [-0.2, -0.15) is 0 Å². The number of benzene rings is 1. The van der Waals surface area contributed by atoms with E-state index in [2.05, 4.69) is 13.8 Å². The number of amides is 2. The van der Waals surface area contributed by atoms with Crippen molar-refractivity contribution in [1.29, 1.82) is 0 Å². The van der Waals surface area contributed by atoms with Crippen LogP contribution in [-0.2, 0) is 11.3 Å². The van der Waals surface area contributed by atoms with Crippen LogP contribution in [0.4, 0.5) is 0 Å². The first kappa shape index (κ1) is 31.6. The maximum absolute atomic E-state index is 13.5. The standard InChI is InChI=1S/C33H49N3O4/c1-8-13-25(9-2)16-17-29(37)35-19-18-33(40,32(5,6)22-35)23-36-21-28(31(39)34(7)24(3)4)27(20-30(36)38)26-14-11-10-12-15-26/h10-12,14-15,20-21,24-25,40H,8-9,13,16-19,22-23H2,1-7H3. The molecule has 1 aliphatic rings. The summed E-state index contributed by atoms with van der Waals surface area (Å²) >= 11 is 0. The number of rotatable bonds is 11. The lowest BCUT2D eigenvalue weighted by molar-refractivity contribution is -0.154. The van der Waals surface area contributed by atoms with Crippen LogP contribution in [0.1, 0.15) is 90.4 Å². The van der Waals surface area contributed by atoms with Crippen molar-refractivity contribution < 1.29 is 14.7 Å². The van der Waals surface area contributed by atoms with Gasteiger partial charge < -0.3 is 19.5 Å². The lowest BCUT2D eigenvalue weighted by Gasteiger charge is -2.50. The average Bonchev–Trinajstić information content (AvgIpc) is 2.92. The predicted octanol–water partition coefficient (Wildman–Crippen LogP) is 5.59. The summed E-state index contributed by atoms with van der Waals surface area (Å²) in [6, 6.07) is 10.9. The maximum atomic E-state index is 13.5. The SMILES string of the molecule is CCCC(CC)CCC(=O)N1CCC(O)(Cn2cc(C(=O)N(C)C(C)C)c(-c3ccccc3)cc2=O)C(C)(C)C1. The minimum Gasteiger partial charge on any atom is -0.387 e. The number of pyridine rings is 1. The highest BCUT2D eigenvalue weighted by Crippen LogP contribution is 2.40. The molecule has 2 heterocycles. The predicted molar refractivity (Wildman–Crippen MR) is 161 cm³/mol. The smallest absolute Gasteiger partial charge is 0.255 e. The largest absolute Gasteiger partial charge is 0.387 e. The van der Waals surface area contributed by atoms with Crippen molar-refractivity contribution in [3.63, 3.8) is 0 Å². The number of aromatic nitrogens is 1. The van der Waals surface area contributed by atoms with Crippen molar-refractivity contribution in [3.8, 4) is 11.1 Å². The first-order chi connectivity index (χ1) is 18.8. The molecule has 2 atom stereocenters. The van der Waals surface area contributed by atoms with E-state index >= 15 is 0 Å². The average molecular weight is 552 g/mol. The summed E-state index contributed by atoms with van der Waals surface area (Å²) in [6.07, 6.45) is 6.75. The summed E-state index contributed by atoms with van der Waals surface area (Å²) in [5, 5.41) is 11.9. The van der Waals surface area contributed by atoms with E-state index in [9.17, 15) is 19.5 Å². The van der Waals surface area contributed by atoms with Gasteiger partial charge in [0.1, 0.15) is 0 Å². The molecule has 1 saturated heterocycles. The molecular formula is C33H49N3O4. The fourth-order valence-corrected chi connectivity index (χ4v) is 5.74. The van der Waals surface area contributed by atoms with Gasteiger partial charge in [0.05, 0.1) is 17.7 Å². The monoisotopic (exact) mass is 551 g/mol. The summed E-state index contributed by atoms with van der Waals surface area (Å²) in [4.78, 5) is 43.5. The Bertz CT molecular complexity index is 1220. The fourth-order valence-electron chi connectivity index (χ4n) is 5.74. The summed E-state index contributed by atoms with van der Waals surface area (Å²) in [6.45, 7) is 13.1. The van der Waals surface area contributed by atoms with Crippen LogP contribution >= 0.6 is 0 Å². The van der Waals surface area contributed by atoms with Crippen molar-refractivity contribution >= 4 is 11.8 Å². The van der Waals surface area contributed by atoms with Gasteiger partial charge in [-0.25, -0.2) is 0 Å². The molecule has 220 valence electrons.